The van der Waals surface area contributed by atoms with Gasteiger partial charge < -0.3 is 9.47 Å². The predicted octanol–water partition coefficient (Wildman–Crippen LogP) is 4.82. The summed E-state index contributed by atoms with van der Waals surface area (Å²) in [7, 11) is 0. The first-order valence-corrected chi connectivity index (χ1v) is 9.50. The SMILES string of the molecule is CCOc1ccc(C(=O)N/N=C(\C)c2ccc(OCc3ccccc3)cc2)cc1. The molecule has 0 aliphatic carbocycles. The number of hydrazone groups is 1. The second-order valence-electron chi connectivity index (χ2n) is 6.39. The Labute approximate surface area is 171 Å². The van der Waals surface area contributed by atoms with E-state index in [2.05, 4.69) is 10.5 Å². The van der Waals surface area contributed by atoms with E-state index in [-0.39, 0.29) is 5.91 Å². The number of nitrogens with one attached hydrogen (secondary N) is 1. The van der Waals surface area contributed by atoms with Gasteiger partial charge in [-0.25, -0.2) is 5.43 Å². The number of hydrogen-bond donors (Lipinski definition) is 1. The number of carbonyl (C=O) groups is 1. The van der Waals surface area contributed by atoms with Gasteiger partial charge in [0.15, 0.2) is 0 Å². The van der Waals surface area contributed by atoms with Crippen molar-refractivity contribution in [3.63, 3.8) is 0 Å². The topological polar surface area (TPSA) is 59.9 Å². The lowest BCUT2D eigenvalue weighted by atomic mass is 10.1. The Kier molecular flexibility index (Phi) is 7.00. The quantitative estimate of drug-likeness (QED) is 0.445. The van der Waals surface area contributed by atoms with Crippen molar-refractivity contribution < 1.29 is 14.3 Å². The van der Waals surface area contributed by atoms with Crippen molar-refractivity contribution in [1.29, 1.82) is 0 Å². The van der Waals surface area contributed by atoms with Crippen LogP contribution >= 0.6 is 0 Å². The average molecular weight is 388 g/mol. The number of nitrogens with zero attached hydrogens (tertiary/aromatic N) is 1. The number of carbonyl (C=O) groups excluding carboxylic acids is 1. The van der Waals surface area contributed by atoms with Crippen LogP contribution in [0.2, 0.25) is 0 Å². The molecule has 0 atom stereocenters. The maximum atomic E-state index is 12.2. The van der Waals surface area contributed by atoms with E-state index in [1.807, 2.05) is 68.4 Å². The average Bonchev–Trinajstić information content (AvgIpc) is 2.77. The van der Waals surface area contributed by atoms with E-state index in [9.17, 15) is 4.79 Å². The van der Waals surface area contributed by atoms with E-state index in [0.29, 0.717) is 24.5 Å². The highest BCUT2D eigenvalue weighted by Gasteiger charge is 2.06. The maximum Gasteiger partial charge on any atom is 0.271 e. The Bertz CT molecular complexity index is 950. The fourth-order valence-corrected chi connectivity index (χ4v) is 2.67. The number of rotatable bonds is 8. The standard InChI is InChI=1S/C24H24N2O3/c1-3-28-22-15-11-21(12-16-22)24(27)26-25-18(2)20-9-13-23(14-10-20)29-17-19-7-5-4-6-8-19/h4-16H,3,17H2,1-2H3,(H,26,27)/b25-18+. The van der Waals surface area contributed by atoms with Crippen LogP contribution in [0.15, 0.2) is 84.0 Å². The zero-order valence-electron chi connectivity index (χ0n) is 16.6. The highest BCUT2D eigenvalue weighted by atomic mass is 16.5. The van der Waals surface area contributed by atoms with Crippen LogP contribution in [0.4, 0.5) is 0 Å². The van der Waals surface area contributed by atoms with Gasteiger partial charge in [-0.05, 0) is 73.5 Å². The lowest BCUT2D eigenvalue weighted by molar-refractivity contribution is 0.0955. The van der Waals surface area contributed by atoms with Gasteiger partial charge in [-0.1, -0.05) is 30.3 Å². The van der Waals surface area contributed by atoms with Crippen molar-refractivity contribution in [2.75, 3.05) is 6.61 Å². The zero-order valence-corrected chi connectivity index (χ0v) is 16.6. The van der Waals surface area contributed by atoms with Gasteiger partial charge in [0, 0.05) is 5.56 Å². The Morgan fingerprint density at radius 1 is 0.828 bits per heavy atom. The molecule has 0 aliphatic rings. The third-order valence-corrected chi connectivity index (χ3v) is 4.27. The molecule has 0 aliphatic heterocycles. The van der Waals surface area contributed by atoms with Crippen LogP contribution in [0, 0.1) is 0 Å². The van der Waals surface area contributed by atoms with Crippen LogP contribution < -0.4 is 14.9 Å². The smallest absolute Gasteiger partial charge is 0.271 e. The van der Waals surface area contributed by atoms with Crippen LogP contribution in [-0.4, -0.2) is 18.2 Å². The molecule has 0 saturated heterocycles. The van der Waals surface area contributed by atoms with Gasteiger partial charge in [-0.2, -0.15) is 5.10 Å². The van der Waals surface area contributed by atoms with Gasteiger partial charge in [-0.3, -0.25) is 4.79 Å². The summed E-state index contributed by atoms with van der Waals surface area (Å²) >= 11 is 0. The second kappa shape index (κ2) is 10.1. The minimum Gasteiger partial charge on any atom is -0.494 e. The number of amides is 1. The summed E-state index contributed by atoms with van der Waals surface area (Å²) < 4.78 is 11.2. The first-order valence-electron chi connectivity index (χ1n) is 9.50. The third-order valence-electron chi connectivity index (χ3n) is 4.27. The Balaban J connectivity index is 1.55. The first kappa shape index (κ1) is 20.1. The molecule has 0 radical (unpaired) electrons. The summed E-state index contributed by atoms with van der Waals surface area (Å²) in [4.78, 5) is 12.2. The fourth-order valence-electron chi connectivity index (χ4n) is 2.67. The molecule has 29 heavy (non-hydrogen) atoms. The number of benzene rings is 3. The molecular formula is C24H24N2O3. The van der Waals surface area contributed by atoms with Gasteiger partial charge in [0.05, 0.1) is 12.3 Å². The van der Waals surface area contributed by atoms with Crippen LogP contribution in [-0.2, 0) is 6.61 Å². The van der Waals surface area contributed by atoms with E-state index in [1.54, 1.807) is 24.3 Å². The van der Waals surface area contributed by atoms with Crippen molar-refractivity contribution in [2.45, 2.75) is 20.5 Å². The van der Waals surface area contributed by atoms with Crippen molar-refractivity contribution in [1.82, 2.24) is 5.43 Å². The summed E-state index contributed by atoms with van der Waals surface area (Å²) in [6.07, 6.45) is 0. The van der Waals surface area contributed by atoms with Crippen molar-refractivity contribution in [3.05, 3.63) is 95.6 Å². The molecule has 0 heterocycles. The largest absolute Gasteiger partial charge is 0.494 e. The molecule has 1 N–H and O–H groups in total. The van der Waals surface area contributed by atoms with Gasteiger partial charge in [0.1, 0.15) is 18.1 Å². The molecule has 3 aromatic carbocycles. The monoisotopic (exact) mass is 388 g/mol. The molecule has 0 unspecified atom stereocenters. The molecule has 3 rings (SSSR count). The molecule has 0 fully saturated rings. The molecule has 0 spiro atoms. The van der Waals surface area contributed by atoms with E-state index < -0.39 is 0 Å². The van der Waals surface area contributed by atoms with E-state index in [1.165, 1.54) is 0 Å². The summed E-state index contributed by atoms with van der Waals surface area (Å²) in [5.74, 6) is 1.25. The van der Waals surface area contributed by atoms with Crippen molar-refractivity contribution in [3.8, 4) is 11.5 Å². The Morgan fingerprint density at radius 3 is 2.03 bits per heavy atom. The second-order valence-corrected chi connectivity index (χ2v) is 6.39. The fraction of sp³-hybridized carbons (Fsp3) is 0.167. The third kappa shape index (κ3) is 5.94. The van der Waals surface area contributed by atoms with Gasteiger partial charge in [-0.15, -0.1) is 0 Å². The highest BCUT2D eigenvalue weighted by Crippen LogP contribution is 2.15. The maximum absolute atomic E-state index is 12.2. The molecule has 148 valence electrons. The summed E-state index contributed by atoms with van der Waals surface area (Å²) in [6, 6.07) is 24.6. The van der Waals surface area contributed by atoms with E-state index in [4.69, 9.17) is 9.47 Å². The van der Waals surface area contributed by atoms with Gasteiger partial charge in [0.25, 0.3) is 5.91 Å². The number of ether oxygens (including phenoxy) is 2. The number of hydrogen-bond acceptors (Lipinski definition) is 4. The Morgan fingerprint density at radius 2 is 1.41 bits per heavy atom. The predicted molar refractivity (Wildman–Crippen MR) is 115 cm³/mol. The molecule has 5 heteroatoms. The zero-order chi connectivity index (χ0) is 20.5. The van der Waals surface area contributed by atoms with Crippen LogP contribution in [0.3, 0.4) is 0 Å². The molecular weight excluding hydrogens is 364 g/mol. The molecule has 1 amide bonds. The first-order chi connectivity index (χ1) is 14.2. The van der Waals surface area contributed by atoms with Crippen LogP contribution in [0.5, 0.6) is 11.5 Å². The normalized spacial score (nSPS) is 11.0. The summed E-state index contributed by atoms with van der Waals surface area (Å²) in [6.45, 7) is 4.87. The molecule has 0 bridgehead atoms. The lowest BCUT2D eigenvalue weighted by Crippen LogP contribution is -2.19. The Hall–Kier alpha value is -3.60. The van der Waals surface area contributed by atoms with Crippen molar-refractivity contribution in [2.24, 2.45) is 5.10 Å². The summed E-state index contributed by atoms with van der Waals surface area (Å²) in [5, 5.41) is 4.20. The molecule has 0 saturated carbocycles. The highest BCUT2D eigenvalue weighted by molar-refractivity contribution is 6.00. The van der Waals surface area contributed by atoms with Gasteiger partial charge in [0.2, 0.25) is 0 Å². The minimum atomic E-state index is -0.268. The van der Waals surface area contributed by atoms with Gasteiger partial charge >= 0.3 is 0 Å². The van der Waals surface area contributed by atoms with Crippen LogP contribution in [0.1, 0.15) is 35.3 Å². The van der Waals surface area contributed by atoms with E-state index in [0.717, 1.165) is 22.6 Å². The van der Waals surface area contributed by atoms with Crippen LogP contribution in [0.25, 0.3) is 0 Å². The molecule has 3 aromatic rings. The summed E-state index contributed by atoms with van der Waals surface area (Å²) in [5.41, 5.74) is 5.84. The minimum absolute atomic E-state index is 0.268. The van der Waals surface area contributed by atoms with Crippen molar-refractivity contribution >= 4 is 11.6 Å². The molecule has 0 aromatic heterocycles. The molecule has 5 nitrogen and oxygen atoms in total. The van der Waals surface area contributed by atoms with E-state index >= 15 is 0 Å². The lowest BCUT2D eigenvalue weighted by Gasteiger charge is -2.08.